The van der Waals surface area contributed by atoms with Gasteiger partial charge in [-0.25, -0.2) is 0 Å². The number of nitrogens with one attached hydrogen (secondary N) is 1. The Morgan fingerprint density at radius 1 is 1.29 bits per heavy atom. The molecule has 0 saturated heterocycles. The minimum atomic E-state index is 0.390. The second-order valence-electron chi connectivity index (χ2n) is 4.62. The topological polar surface area (TPSA) is 63.8 Å². The van der Waals surface area contributed by atoms with Crippen LogP contribution in [0.3, 0.4) is 0 Å². The monoisotopic (exact) mass is 250 g/mol. The molecule has 2 rings (SSSR count). The summed E-state index contributed by atoms with van der Waals surface area (Å²) >= 11 is 5.11. The maximum Gasteiger partial charge on any atom is 0.159 e. The Bertz CT molecular complexity index is 438. The van der Waals surface area contributed by atoms with E-state index >= 15 is 0 Å². The van der Waals surface area contributed by atoms with Crippen LogP contribution in [0.25, 0.3) is 0 Å². The van der Waals surface area contributed by atoms with Crippen LogP contribution in [0.1, 0.15) is 42.5 Å². The van der Waals surface area contributed by atoms with Crippen LogP contribution in [0.4, 0.5) is 5.82 Å². The van der Waals surface area contributed by atoms with Crippen LogP contribution in [-0.2, 0) is 0 Å². The molecular weight excluding hydrogens is 232 g/mol. The van der Waals surface area contributed by atoms with Crippen molar-refractivity contribution in [2.24, 2.45) is 5.73 Å². The van der Waals surface area contributed by atoms with Crippen LogP contribution >= 0.6 is 12.2 Å². The Morgan fingerprint density at radius 3 is 2.53 bits per heavy atom. The third-order valence-electron chi connectivity index (χ3n) is 3.40. The van der Waals surface area contributed by atoms with Gasteiger partial charge in [0.25, 0.3) is 0 Å². The zero-order valence-electron chi connectivity index (χ0n) is 10.3. The molecular formula is C12H18N4S. The zero-order chi connectivity index (χ0) is 12.4. The number of aromatic nitrogens is 2. The summed E-state index contributed by atoms with van der Waals surface area (Å²) in [5.74, 6) is 0.743. The van der Waals surface area contributed by atoms with Gasteiger partial charge in [0.15, 0.2) is 5.82 Å². The molecule has 1 saturated carbocycles. The molecule has 0 radical (unpaired) electrons. The Labute approximate surface area is 107 Å². The van der Waals surface area contributed by atoms with Crippen molar-refractivity contribution < 1.29 is 0 Å². The fourth-order valence-electron chi connectivity index (χ4n) is 2.27. The smallest absolute Gasteiger partial charge is 0.159 e. The molecule has 1 fully saturated rings. The van der Waals surface area contributed by atoms with Crippen LogP contribution in [0, 0.1) is 13.8 Å². The molecule has 4 nitrogen and oxygen atoms in total. The highest BCUT2D eigenvalue weighted by Gasteiger charge is 2.19. The zero-order valence-corrected chi connectivity index (χ0v) is 11.1. The van der Waals surface area contributed by atoms with E-state index in [1.807, 2.05) is 13.8 Å². The Kier molecular flexibility index (Phi) is 3.57. The molecule has 0 aromatic carbocycles. The molecule has 0 aliphatic heterocycles. The van der Waals surface area contributed by atoms with Crippen molar-refractivity contribution in [3.8, 4) is 0 Å². The van der Waals surface area contributed by atoms with Gasteiger partial charge in [0.1, 0.15) is 4.99 Å². The van der Waals surface area contributed by atoms with Crippen LogP contribution in [0.5, 0.6) is 0 Å². The molecule has 0 unspecified atom stereocenters. The minimum absolute atomic E-state index is 0.390. The van der Waals surface area contributed by atoms with Crippen molar-refractivity contribution >= 4 is 23.0 Å². The van der Waals surface area contributed by atoms with Crippen molar-refractivity contribution in [3.05, 3.63) is 16.8 Å². The molecule has 1 heterocycles. The molecule has 1 aromatic rings. The molecule has 1 aliphatic rings. The second-order valence-corrected chi connectivity index (χ2v) is 5.06. The van der Waals surface area contributed by atoms with Crippen LogP contribution in [0.15, 0.2) is 0 Å². The van der Waals surface area contributed by atoms with Gasteiger partial charge in [-0.05, 0) is 32.3 Å². The van der Waals surface area contributed by atoms with Crippen molar-refractivity contribution in [1.29, 1.82) is 0 Å². The van der Waals surface area contributed by atoms with Gasteiger partial charge >= 0.3 is 0 Å². The third-order valence-corrected chi connectivity index (χ3v) is 3.60. The number of anilines is 1. The van der Waals surface area contributed by atoms with Crippen molar-refractivity contribution in [2.75, 3.05) is 5.32 Å². The van der Waals surface area contributed by atoms with Gasteiger partial charge < -0.3 is 11.1 Å². The summed E-state index contributed by atoms with van der Waals surface area (Å²) in [7, 11) is 0. The highest BCUT2D eigenvalue weighted by atomic mass is 32.1. The fourth-order valence-corrected chi connectivity index (χ4v) is 2.52. The summed E-state index contributed by atoms with van der Waals surface area (Å²) < 4.78 is 0. The molecule has 92 valence electrons. The van der Waals surface area contributed by atoms with E-state index in [1.54, 1.807) is 0 Å². The Morgan fingerprint density at radius 2 is 1.94 bits per heavy atom. The number of aryl methyl sites for hydroxylation is 1. The normalized spacial score (nSPS) is 16.1. The first-order valence-electron chi connectivity index (χ1n) is 6.00. The molecule has 0 spiro atoms. The van der Waals surface area contributed by atoms with E-state index in [0.29, 0.717) is 11.0 Å². The third kappa shape index (κ3) is 2.54. The molecule has 1 aromatic heterocycles. The standard InChI is InChI=1S/C12H18N4S/c1-7-8(2)15-16-12(10(7)11(13)17)14-9-5-3-4-6-9/h9H,3-6H2,1-2H3,(H2,13,17)(H,14,16). The summed E-state index contributed by atoms with van der Waals surface area (Å²) in [6, 6.07) is 0.486. The summed E-state index contributed by atoms with van der Waals surface area (Å²) in [4.78, 5) is 0.390. The number of nitrogens with zero attached hydrogens (tertiary/aromatic N) is 2. The van der Waals surface area contributed by atoms with E-state index in [9.17, 15) is 0 Å². The quantitative estimate of drug-likeness (QED) is 0.804. The number of hydrogen-bond acceptors (Lipinski definition) is 4. The summed E-state index contributed by atoms with van der Waals surface area (Å²) in [6.07, 6.45) is 4.92. The number of hydrogen-bond donors (Lipinski definition) is 2. The second kappa shape index (κ2) is 4.96. The van der Waals surface area contributed by atoms with Gasteiger partial charge in [0.2, 0.25) is 0 Å². The Hall–Kier alpha value is -1.23. The van der Waals surface area contributed by atoms with E-state index in [-0.39, 0.29) is 0 Å². The summed E-state index contributed by atoms with van der Waals surface area (Å²) in [5, 5.41) is 11.7. The maximum absolute atomic E-state index is 5.78. The van der Waals surface area contributed by atoms with Crippen LogP contribution < -0.4 is 11.1 Å². The average molecular weight is 250 g/mol. The first kappa shape index (κ1) is 12.2. The van der Waals surface area contributed by atoms with Crippen molar-refractivity contribution in [1.82, 2.24) is 10.2 Å². The van der Waals surface area contributed by atoms with Gasteiger partial charge in [-0.15, -0.1) is 5.10 Å². The van der Waals surface area contributed by atoms with E-state index in [0.717, 1.165) is 22.6 Å². The number of thiocarbonyl (C=S) groups is 1. The lowest BCUT2D eigenvalue weighted by atomic mass is 10.1. The van der Waals surface area contributed by atoms with Crippen molar-refractivity contribution in [2.45, 2.75) is 45.6 Å². The molecule has 3 N–H and O–H groups in total. The van der Waals surface area contributed by atoms with Gasteiger partial charge in [-0.3, -0.25) is 0 Å². The van der Waals surface area contributed by atoms with E-state index in [2.05, 4.69) is 15.5 Å². The predicted octanol–water partition coefficient (Wildman–Crippen LogP) is 2.08. The van der Waals surface area contributed by atoms with Gasteiger partial charge in [-0.1, -0.05) is 25.1 Å². The van der Waals surface area contributed by atoms with E-state index in [4.69, 9.17) is 18.0 Å². The molecule has 1 aliphatic carbocycles. The molecule has 0 bridgehead atoms. The highest BCUT2D eigenvalue weighted by Crippen LogP contribution is 2.24. The van der Waals surface area contributed by atoms with Gasteiger partial charge in [0.05, 0.1) is 11.3 Å². The lowest BCUT2D eigenvalue weighted by Gasteiger charge is -2.17. The fraction of sp³-hybridized carbons (Fsp3) is 0.583. The minimum Gasteiger partial charge on any atom is -0.389 e. The lowest BCUT2D eigenvalue weighted by Crippen LogP contribution is -2.22. The largest absolute Gasteiger partial charge is 0.389 e. The van der Waals surface area contributed by atoms with Gasteiger partial charge in [-0.2, -0.15) is 5.10 Å². The van der Waals surface area contributed by atoms with Crippen molar-refractivity contribution in [3.63, 3.8) is 0 Å². The van der Waals surface area contributed by atoms with E-state index in [1.165, 1.54) is 25.7 Å². The molecule has 0 atom stereocenters. The van der Waals surface area contributed by atoms with E-state index < -0.39 is 0 Å². The summed E-state index contributed by atoms with van der Waals surface area (Å²) in [5.41, 5.74) is 8.53. The molecule has 5 heteroatoms. The first-order valence-corrected chi connectivity index (χ1v) is 6.40. The van der Waals surface area contributed by atoms with Gasteiger partial charge in [0, 0.05) is 6.04 Å². The Balaban J connectivity index is 2.32. The van der Waals surface area contributed by atoms with Crippen LogP contribution in [0.2, 0.25) is 0 Å². The van der Waals surface area contributed by atoms with Crippen LogP contribution in [-0.4, -0.2) is 21.2 Å². The molecule has 0 amide bonds. The average Bonchev–Trinajstić information content (AvgIpc) is 2.76. The summed E-state index contributed by atoms with van der Waals surface area (Å²) in [6.45, 7) is 3.90. The number of nitrogens with two attached hydrogens (primary N) is 1. The first-order chi connectivity index (χ1) is 8.09. The maximum atomic E-state index is 5.78. The number of rotatable bonds is 3. The lowest BCUT2D eigenvalue weighted by molar-refractivity contribution is 0.744. The SMILES string of the molecule is Cc1nnc(NC2CCCC2)c(C(N)=S)c1C. The predicted molar refractivity (Wildman–Crippen MR) is 73.3 cm³/mol. The highest BCUT2D eigenvalue weighted by molar-refractivity contribution is 7.80. The molecule has 17 heavy (non-hydrogen) atoms.